The topological polar surface area (TPSA) is 58.6 Å². The molecule has 0 aromatic heterocycles. The van der Waals surface area contributed by atoms with E-state index in [9.17, 15) is 18.4 Å². The molecular weight excluding hydrogens is 378 g/mol. The first kappa shape index (κ1) is 20.0. The summed E-state index contributed by atoms with van der Waals surface area (Å²) in [6.45, 7) is 0.842. The Kier molecular flexibility index (Phi) is 6.19. The number of hydrogen-bond acceptors (Lipinski definition) is 3. The Balaban J connectivity index is 1.83. The van der Waals surface area contributed by atoms with Crippen molar-refractivity contribution >= 4 is 23.2 Å². The van der Waals surface area contributed by atoms with E-state index in [1.54, 1.807) is 48.5 Å². The summed E-state index contributed by atoms with van der Waals surface area (Å²) in [4.78, 5) is 25.8. The van der Waals surface area contributed by atoms with Crippen molar-refractivity contribution < 1.29 is 23.1 Å². The smallest absolute Gasteiger partial charge is 0.244 e. The summed E-state index contributed by atoms with van der Waals surface area (Å²) >= 11 is 0. The van der Waals surface area contributed by atoms with Crippen LogP contribution in [0.1, 0.15) is 6.92 Å². The molecule has 148 valence electrons. The number of amides is 2. The van der Waals surface area contributed by atoms with Crippen LogP contribution in [0.4, 0.5) is 20.2 Å². The second-order valence-corrected chi connectivity index (χ2v) is 6.13. The van der Waals surface area contributed by atoms with Crippen molar-refractivity contribution in [2.45, 2.75) is 6.92 Å². The number of nitrogens with zero attached hydrogens (tertiary/aromatic N) is 1. The van der Waals surface area contributed by atoms with Gasteiger partial charge in [-0.3, -0.25) is 14.5 Å². The van der Waals surface area contributed by atoms with E-state index in [0.717, 1.165) is 12.1 Å². The highest BCUT2D eigenvalue weighted by atomic mass is 19.1. The Bertz CT molecular complexity index is 1010. The zero-order valence-electron chi connectivity index (χ0n) is 15.6. The number of ether oxygens (including phenoxy) is 1. The van der Waals surface area contributed by atoms with Gasteiger partial charge in [0.05, 0.1) is 5.69 Å². The first-order valence-corrected chi connectivity index (χ1v) is 8.79. The maximum Gasteiger partial charge on any atom is 0.244 e. The van der Waals surface area contributed by atoms with Gasteiger partial charge in [-0.15, -0.1) is 0 Å². The van der Waals surface area contributed by atoms with Gasteiger partial charge in [0.25, 0.3) is 0 Å². The third kappa shape index (κ3) is 4.95. The zero-order chi connectivity index (χ0) is 20.8. The zero-order valence-corrected chi connectivity index (χ0v) is 15.6. The van der Waals surface area contributed by atoms with Gasteiger partial charge < -0.3 is 10.1 Å². The van der Waals surface area contributed by atoms with Crippen LogP contribution in [0.2, 0.25) is 0 Å². The Labute approximate surface area is 166 Å². The van der Waals surface area contributed by atoms with Crippen molar-refractivity contribution in [1.29, 1.82) is 0 Å². The van der Waals surface area contributed by atoms with Crippen LogP contribution in [-0.2, 0) is 9.59 Å². The Hall–Kier alpha value is -3.74. The fourth-order valence-electron chi connectivity index (χ4n) is 2.69. The largest absolute Gasteiger partial charge is 0.455 e. The van der Waals surface area contributed by atoms with Crippen LogP contribution in [-0.4, -0.2) is 18.4 Å². The van der Waals surface area contributed by atoms with Crippen molar-refractivity contribution in [3.8, 4) is 11.5 Å². The number of nitrogens with one attached hydrogen (secondary N) is 1. The van der Waals surface area contributed by atoms with Crippen LogP contribution in [0.15, 0.2) is 72.8 Å². The minimum atomic E-state index is -0.902. The van der Waals surface area contributed by atoms with Crippen molar-refractivity contribution in [2.75, 3.05) is 16.8 Å². The molecule has 3 aromatic rings. The predicted octanol–water partition coefficient (Wildman–Crippen LogP) is 4.75. The van der Waals surface area contributed by atoms with E-state index >= 15 is 0 Å². The molecule has 5 nitrogen and oxygen atoms in total. The minimum absolute atomic E-state index is 0.355. The van der Waals surface area contributed by atoms with Crippen LogP contribution in [0.3, 0.4) is 0 Å². The van der Waals surface area contributed by atoms with E-state index in [1.807, 2.05) is 6.07 Å². The van der Waals surface area contributed by atoms with Gasteiger partial charge >= 0.3 is 0 Å². The summed E-state index contributed by atoms with van der Waals surface area (Å²) in [6, 6.07) is 18.9. The predicted molar refractivity (Wildman–Crippen MR) is 106 cm³/mol. The van der Waals surface area contributed by atoms with Crippen LogP contribution in [0.25, 0.3) is 0 Å². The van der Waals surface area contributed by atoms with Crippen LogP contribution >= 0.6 is 0 Å². The molecule has 3 rings (SSSR count). The molecule has 0 spiro atoms. The molecule has 0 saturated heterocycles. The minimum Gasteiger partial charge on any atom is -0.455 e. The van der Waals surface area contributed by atoms with Gasteiger partial charge in [0.1, 0.15) is 29.6 Å². The second kappa shape index (κ2) is 8.97. The average Bonchev–Trinajstić information content (AvgIpc) is 2.70. The number of carbonyl (C=O) groups excluding carboxylic acids is 2. The molecule has 0 aliphatic carbocycles. The molecule has 3 aromatic carbocycles. The first-order chi connectivity index (χ1) is 14.0. The summed E-state index contributed by atoms with van der Waals surface area (Å²) in [5.74, 6) is -2.07. The standard InChI is InChI=1S/C22H18F2N2O3/c1-15(27)26(14-21(28)25-22-17(23)10-7-11-18(22)24)19-12-5-6-13-20(19)29-16-8-3-2-4-9-16/h2-13H,14H2,1H3,(H,25,28). The molecule has 1 N–H and O–H groups in total. The molecule has 2 amide bonds. The summed E-state index contributed by atoms with van der Waals surface area (Å²) in [7, 11) is 0. The lowest BCUT2D eigenvalue weighted by molar-refractivity contribution is -0.120. The van der Waals surface area contributed by atoms with Crippen LogP contribution in [0.5, 0.6) is 11.5 Å². The molecule has 0 aliphatic rings. The molecule has 0 atom stereocenters. The molecule has 0 fully saturated rings. The Morgan fingerprint density at radius 1 is 0.897 bits per heavy atom. The molecule has 29 heavy (non-hydrogen) atoms. The molecule has 0 bridgehead atoms. The van der Waals surface area contributed by atoms with Gasteiger partial charge in [-0.1, -0.05) is 36.4 Å². The number of benzene rings is 3. The lowest BCUT2D eigenvalue weighted by atomic mass is 10.2. The highest BCUT2D eigenvalue weighted by Gasteiger charge is 2.21. The number of carbonyl (C=O) groups is 2. The second-order valence-electron chi connectivity index (χ2n) is 6.13. The molecule has 7 heteroatoms. The van der Waals surface area contributed by atoms with Crippen molar-refractivity contribution in [2.24, 2.45) is 0 Å². The lowest BCUT2D eigenvalue weighted by Crippen LogP contribution is -2.37. The fraction of sp³-hybridized carbons (Fsp3) is 0.0909. The summed E-state index contributed by atoms with van der Waals surface area (Å²) < 4.78 is 33.4. The Morgan fingerprint density at radius 3 is 2.17 bits per heavy atom. The number of halogens is 2. The summed E-state index contributed by atoms with van der Waals surface area (Å²) in [5.41, 5.74) is -0.206. The first-order valence-electron chi connectivity index (χ1n) is 8.79. The van der Waals surface area contributed by atoms with E-state index < -0.39 is 35.7 Å². The highest BCUT2D eigenvalue weighted by Crippen LogP contribution is 2.32. The highest BCUT2D eigenvalue weighted by molar-refractivity contribution is 6.02. The van der Waals surface area contributed by atoms with E-state index in [2.05, 4.69) is 5.32 Å². The molecular formula is C22H18F2N2O3. The maximum atomic E-state index is 13.8. The number of anilines is 2. The number of para-hydroxylation sites is 4. The summed E-state index contributed by atoms with van der Waals surface area (Å²) in [6.07, 6.45) is 0. The molecule has 0 radical (unpaired) electrons. The van der Waals surface area contributed by atoms with E-state index in [-0.39, 0.29) is 0 Å². The van der Waals surface area contributed by atoms with E-state index in [1.165, 1.54) is 17.9 Å². The number of hydrogen-bond donors (Lipinski definition) is 1. The number of rotatable bonds is 6. The third-order valence-corrected chi connectivity index (χ3v) is 4.04. The van der Waals surface area contributed by atoms with Gasteiger partial charge in [0.2, 0.25) is 11.8 Å². The van der Waals surface area contributed by atoms with Crippen molar-refractivity contribution in [1.82, 2.24) is 0 Å². The Morgan fingerprint density at radius 2 is 1.52 bits per heavy atom. The van der Waals surface area contributed by atoms with Gasteiger partial charge in [-0.25, -0.2) is 8.78 Å². The lowest BCUT2D eigenvalue weighted by Gasteiger charge is -2.23. The van der Waals surface area contributed by atoms with E-state index in [0.29, 0.717) is 17.2 Å². The van der Waals surface area contributed by atoms with Crippen molar-refractivity contribution in [3.63, 3.8) is 0 Å². The van der Waals surface area contributed by atoms with Gasteiger partial charge in [0.15, 0.2) is 5.75 Å². The summed E-state index contributed by atoms with van der Waals surface area (Å²) in [5, 5.41) is 2.18. The average molecular weight is 396 g/mol. The van der Waals surface area contributed by atoms with Gasteiger partial charge in [-0.05, 0) is 36.4 Å². The van der Waals surface area contributed by atoms with Crippen LogP contribution < -0.4 is 15.0 Å². The van der Waals surface area contributed by atoms with Crippen molar-refractivity contribution in [3.05, 3.63) is 84.4 Å². The van der Waals surface area contributed by atoms with E-state index in [4.69, 9.17) is 4.74 Å². The SMILES string of the molecule is CC(=O)N(CC(=O)Nc1c(F)cccc1F)c1ccccc1Oc1ccccc1. The molecule has 0 heterocycles. The molecule has 0 unspecified atom stereocenters. The maximum absolute atomic E-state index is 13.8. The molecule has 0 saturated carbocycles. The quantitative estimate of drug-likeness (QED) is 0.654. The van der Waals surface area contributed by atoms with Crippen LogP contribution in [0, 0.1) is 11.6 Å². The molecule has 0 aliphatic heterocycles. The fourth-order valence-corrected chi connectivity index (χ4v) is 2.69. The van der Waals surface area contributed by atoms with Gasteiger partial charge in [-0.2, -0.15) is 0 Å². The normalized spacial score (nSPS) is 10.3. The third-order valence-electron chi connectivity index (χ3n) is 4.04. The van der Waals surface area contributed by atoms with Gasteiger partial charge in [0, 0.05) is 6.92 Å². The monoisotopic (exact) mass is 396 g/mol.